The first-order valence-electron chi connectivity index (χ1n) is 30.9. The average molecular weight is 1320 g/mol. The van der Waals surface area contributed by atoms with Gasteiger partial charge in [-0.25, -0.2) is 4.57 Å². The summed E-state index contributed by atoms with van der Waals surface area (Å²) in [6.45, 7) is 38.9. The fourth-order valence-corrected chi connectivity index (χ4v) is 17.0. The molecule has 6 fully saturated rings. The maximum absolute atomic E-state index is 12.9. The minimum Gasteiger partial charge on any atom is -0.371 e. The summed E-state index contributed by atoms with van der Waals surface area (Å²) in [6.07, 6.45) is 1.73. The molecule has 3 amide bonds. The molecule has 0 spiro atoms. The number of carbonyl (C=O) groups is 3. The smallest absolute Gasteiger partial charge is 0.371 e. The van der Waals surface area contributed by atoms with Crippen LogP contribution in [0.1, 0.15) is 184 Å². The van der Waals surface area contributed by atoms with Gasteiger partial charge in [0.2, 0.25) is 0 Å². The number of nitrogens with zero attached hydrogens (tertiary/aromatic N) is 3. The number of hydrogen-bond donors (Lipinski definition) is 8. The van der Waals surface area contributed by atoms with Gasteiger partial charge in [0, 0.05) is 54.6 Å². The summed E-state index contributed by atoms with van der Waals surface area (Å²) in [6, 6.07) is 0. The van der Waals surface area contributed by atoms with Crippen LogP contribution in [0.4, 0.5) is 0 Å². The van der Waals surface area contributed by atoms with Crippen molar-refractivity contribution in [2.45, 2.75) is 292 Å². The Morgan fingerprint density at radius 3 is 1.10 bits per heavy atom. The van der Waals surface area contributed by atoms with Gasteiger partial charge >= 0.3 is 14.5 Å². The molecule has 17 atom stereocenters. The van der Waals surface area contributed by atoms with Crippen LogP contribution in [0.15, 0.2) is 35.3 Å². The Bertz CT molecular complexity index is 2660. The van der Waals surface area contributed by atoms with E-state index in [0.29, 0.717) is 62.2 Å². The highest BCUT2D eigenvalue weighted by Crippen LogP contribution is 2.59. The first kappa shape index (κ1) is 73.7. The fourth-order valence-electron chi connectivity index (χ4n) is 13.4. The monoisotopic (exact) mass is 1320 g/mol. The van der Waals surface area contributed by atoms with Crippen molar-refractivity contribution in [2.24, 2.45) is 33.4 Å². The SMILES string of the molecule is CC1=CN([C@@H]2O[C@@]3(CC(C)(C)C)CCO[C@H]2C3OC(C)(C)C)C(N)NC1=O.CC1=CN([C@@H]2O[C@@]3(CC(C)(C)C)CCO[C@H]2C3OP(=O)(O)OC(C)(C)C)C(N)NC1=O.CC1=CN([C@@H]2O[C@@]3(CC(C)(C)C)CCO[C@H]2C3OP(O)(=S)OC(C)(C)C)C(N)NC1=O. The first-order valence-corrected chi connectivity index (χ1v) is 35.0. The molecule has 0 aromatic heterocycles. The molecule has 0 aliphatic carbocycles. The van der Waals surface area contributed by atoms with Gasteiger partial charge in [0.25, 0.3) is 17.7 Å². The zero-order chi connectivity index (χ0) is 67.0. The standard InChI is InChI=1S/C20H36N3O7P.C20H36N3O6PS.C20H35N3O4/c1-12-10-23(17(21)22-15(12)24)16-13-14(29-31(25,26)30-19(5,6)7)20(28-16,8-9-27-13)11-18(2,3)4;1-12-10-23(17(21)22-15(12)24)16-13-14(28-30(25,31)29-19(5,6)7)20(27-16,8-9-26-13)11-18(2,3)4;1-12-10-23(17(21)22-15(12)24)16-13-14(26-19(5,6)7)20(27-16,8-9-25-13)11-18(2,3)4/h10,13-14,16-17H,8-9,11,21H2,1-7H3,(H,22,24)(H,25,26);10,13-14,16-17H,8-9,11,21H2,1-7H3,(H,22,24)(H,25,31);10,13-14,16-17H,8-9,11,21H2,1-7H3,(H,22,24)/t13-,14?,16+,17?,20+;13-,14?,16+,17?,20+,30?;13-,14?,16+,17?,20+/m000/s1. The van der Waals surface area contributed by atoms with Gasteiger partial charge < -0.3 is 78.1 Å². The van der Waals surface area contributed by atoms with Gasteiger partial charge in [0.15, 0.2) is 37.6 Å². The van der Waals surface area contributed by atoms with Gasteiger partial charge in [-0.15, -0.1) is 0 Å². The first-order chi connectivity index (χ1) is 40.4. The van der Waals surface area contributed by atoms with Crippen molar-refractivity contribution in [1.29, 1.82) is 0 Å². The quantitative estimate of drug-likeness (QED) is 0.0906. The van der Waals surface area contributed by atoms with Crippen LogP contribution in [0.5, 0.6) is 0 Å². The molecular weight excluding hydrogens is 1210 g/mol. The highest BCUT2D eigenvalue weighted by Gasteiger charge is 2.66. The number of hydrogen-bond acceptors (Lipinski definition) is 22. The zero-order valence-electron chi connectivity index (χ0n) is 56.4. The molecule has 29 heteroatoms. The number of rotatable bonds is 13. The highest BCUT2D eigenvalue weighted by atomic mass is 32.5. The van der Waals surface area contributed by atoms with E-state index in [0.717, 1.165) is 12.8 Å². The summed E-state index contributed by atoms with van der Waals surface area (Å²) in [5.41, 5.74) is 16.0. The summed E-state index contributed by atoms with van der Waals surface area (Å²) in [5.74, 6) is -0.652. The summed E-state index contributed by atoms with van der Waals surface area (Å²) in [7, 11) is -4.42. The predicted octanol–water partition coefficient (Wildman–Crippen LogP) is 6.56. The van der Waals surface area contributed by atoms with Crippen molar-refractivity contribution in [2.75, 3.05) is 19.8 Å². The Labute approximate surface area is 532 Å². The molecule has 8 unspecified atom stereocenters. The van der Waals surface area contributed by atoms with E-state index in [2.05, 4.69) is 99.0 Å². The number of nitrogens with two attached hydrogens (primary N) is 3. The van der Waals surface area contributed by atoms with E-state index in [4.69, 9.17) is 80.3 Å². The molecule has 0 radical (unpaired) electrons. The van der Waals surface area contributed by atoms with Crippen LogP contribution in [0.25, 0.3) is 0 Å². The van der Waals surface area contributed by atoms with Crippen LogP contribution >= 0.6 is 14.5 Å². The van der Waals surface area contributed by atoms with Crippen LogP contribution in [0.3, 0.4) is 0 Å². The Kier molecular flexibility index (Phi) is 21.6. The van der Waals surface area contributed by atoms with E-state index >= 15 is 0 Å². The number of phosphoric acid groups is 1. The largest absolute Gasteiger partial charge is 0.473 e. The Morgan fingerprint density at radius 1 is 0.517 bits per heavy atom. The molecule has 11 N–H and O–H groups in total. The van der Waals surface area contributed by atoms with E-state index in [1.54, 1.807) is 69.9 Å². The second-order valence-corrected chi connectivity index (χ2v) is 35.8. The molecule has 9 heterocycles. The number of ether oxygens (including phenoxy) is 7. The molecule has 9 aliphatic rings. The summed E-state index contributed by atoms with van der Waals surface area (Å²) in [5, 5.41) is 8.19. The van der Waals surface area contributed by atoms with Gasteiger partial charge in [-0.05, 0) is 130 Å². The minimum absolute atomic E-state index is 0.0697. The lowest BCUT2D eigenvalue weighted by atomic mass is 9.76. The van der Waals surface area contributed by atoms with Gasteiger partial charge in [0.1, 0.15) is 53.4 Å². The highest BCUT2D eigenvalue weighted by molar-refractivity contribution is 8.07. The number of fused-ring (bicyclic) bond motifs is 6. The summed E-state index contributed by atoms with van der Waals surface area (Å²) < 4.78 is 80.4. The third-order valence-electron chi connectivity index (χ3n) is 15.9. The Hall–Kier alpha value is -2.73. The van der Waals surface area contributed by atoms with Crippen molar-refractivity contribution in [3.63, 3.8) is 0 Å². The maximum atomic E-state index is 12.9. The third-order valence-corrected chi connectivity index (χ3v) is 18.9. The number of phosphoric ester groups is 1. The zero-order valence-corrected chi connectivity index (χ0v) is 59.0. The maximum Gasteiger partial charge on any atom is 0.473 e. The van der Waals surface area contributed by atoms with Crippen molar-refractivity contribution in [3.8, 4) is 0 Å². The van der Waals surface area contributed by atoms with Crippen LogP contribution < -0.4 is 33.2 Å². The van der Waals surface area contributed by atoms with Gasteiger partial charge in [-0.1, -0.05) is 62.3 Å². The topological polar surface area (TPSA) is 334 Å². The van der Waals surface area contributed by atoms with E-state index < -0.39 is 105 Å². The Balaban J connectivity index is 0.000000191. The molecule has 510 valence electrons. The molecule has 89 heavy (non-hydrogen) atoms. The van der Waals surface area contributed by atoms with Gasteiger partial charge in [-0.2, -0.15) is 0 Å². The molecule has 0 aromatic rings. The lowest BCUT2D eigenvalue weighted by Gasteiger charge is -2.44. The second kappa shape index (κ2) is 26.1. The van der Waals surface area contributed by atoms with Crippen LogP contribution in [0.2, 0.25) is 0 Å². The molecular formula is C60H107N9O17P2S. The third kappa shape index (κ3) is 18.2. The van der Waals surface area contributed by atoms with Crippen molar-refractivity contribution >= 4 is 44.1 Å². The van der Waals surface area contributed by atoms with Crippen LogP contribution in [-0.2, 0) is 82.0 Å². The van der Waals surface area contributed by atoms with Crippen molar-refractivity contribution in [1.82, 2.24) is 30.7 Å². The summed E-state index contributed by atoms with van der Waals surface area (Å²) in [4.78, 5) is 62.5. The number of carbonyl (C=O) groups excluding carboxylic acids is 3. The molecule has 26 nitrogen and oxygen atoms in total. The lowest BCUT2D eigenvalue weighted by molar-refractivity contribution is -0.195. The van der Waals surface area contributed by atoms with Gasteiger partial charge in [0.05, 0.1) is 36.6 Å². The number of amides is 3. The van der Waals surface area contributed by atoms with Crippen LogP contribution in [-0.4, -0.2) is 170 Å². The van der Waals surface area contributed by atoms with E-state index in [1.165, 1.54) is 0 Å². The van der Waals surface area contributed by atoms with E-state index in [-0.39, 0.29) is 51.8 Å². The van der Waals surface area contributed by atoms with Crippen LogP contribution in [0, 0.1) is 16.2 Å². The average Bonchev–Trinajstić information content (AvgIpc) is 1.75. The van der Waals surface area contributed by atoms with E-state index in [1.807, 2.05) is 25.7 Å². The minimum atomic E-state index is -4.42. The Morgan fingerprint density at radius 2 is 0.809 bits per heavy atom. The molecule has 6 saturated heterocycles. The lowest BCUT2D eigenvalue weighted by Crippen LogP contribution is -2.61. The summed E-state index contributed by atoms with van der Waals surface area (Å²) >= 11 is 5.35. The normalized spacial score (nSPS) is 36.4. The molecule has 9 aliphatic heterocycles. The van der Waals surface area contributed by atoms with Gasteiger partial charge in [-0.3, -0.25) is 45.2 Å². The molecule has 0 aromatic carbocycles. The van der Waals surface area contributed by atoms with Crippen molar-refractivity contribution < 1.29 is 80.0 Å². The predicted molar refractivity (Wildman–Crippen MR) is 336 cm³/mol. The van der Waals surface area contributed by atoms with E-state index in [9.17, 15) is 28.7 Å². The number of nitrogens with one attached hydrogen (secondary N) is 3. The molecule has 9 rings (SSSR count). The molecule has 6 bridgehead atoms. The fraction of sp³-hybridized carbons (Fsp3) is 0.850. The van der Waals surface area contributed by atoms with Crippen molar-refractivity contribution in [3.05, 3.63) is 35.3 Å². The molecule has 0 saturated carbocycles. The second-order valence-electron chi connectivity index (χ2n) is 31.8.